The van der Waals surface area contributed by atoms with Crippen molar-refractivity contribution in [3.63, 3.8) is 0 Å². The van der Waals surface area contributed by atoms with Gasteiger partial charge in [-0.25, -0.2) is 4.98 Å². The topological polar surface area (TPSA) is 55.1 Å². The number of aliphatic carboxylic acids is 1. The molecule has 0 spiro atoms. The molecule has 0 saturated heterocycles. The molecule has 0 atom stereocenters. The fourth-order valence-electron chi connectivity index (χ4n) is 1.71. The van der Waals surface area contributed by atoms with Gasteiger partial charge in [-0.2, -0.15) is 0 Å². The lowest BCUT2D eigenvalue weighted by atomic mass is 10.0. The first-order chi connectivity index (χ1) is 6.68. The second-order valence-electron chi connectivity index (χ2n) is 3.89. The van der Waals surface area contributed by atoms with E-state index >= 15 is 0 Å². The maximum absolute atomic E-state index is 11.0. The van der Waals surface area contributed by atoms with Crippen LogP contribution in [0.15, 0.2) is 12.4 Å². The monoisotopic (exact) mass is 194 g/mol. The SMILES string of the molecule is CCn1ccnc1CC1(C(=O)O)CC1. The number of carboxylic acids is 1. The van der Waals surface area contributed by atoms with Gasteiger partial charge in [0.25, 0.3) is 0 Å². The van der Waals surface area contributed by atoms with Gasteiger partial charge in [0, 0.05) is 25.4 Å². The van der Waals surface area contributed by atoms with E-state index in [1.54, 1.807) is 6.20 Å². The summed E-state index contributed by atoms with van der Waals surface area (Å²) in [6.45, 7) is 2.89. The van der Waals surface area contributed by atoms with E-state index in [0.29, 0.717) is 6.42 Å². The number of aromatic nitrogens is 2. The highest BCUT2D eigenvalue weighted by atomic mass is 16.4. The van der Waals surface area contributed by atoms with Gasteiger partial charge in [0.2, 0.25) is 0 Å². The summed E-state index contributed by atoms with van der Waals surface area (Å²) in [5.41, 5.74) is -0.502. The average Bonchev–Trinajstić information content (AvgIpc) is 2.79. The minimum Gasteiger partial charge on any atom is -0.481 e. The molecule has 0 amide bonds. The Morgan fingerprint density at radius 3 is 2.93 bits per heavy atom. The van der Waals surface area contributed by atoms with Gasteiger partial charge >= 0.3 is 5.97 Å². The molecule has 0 aromatic carbocycles. The molecule has 1 aromatic heterocycles. The average molecular weight is 194 g/mol. The van der Waals surface area contributed by atoms with Gasteiger partial charge in [0.15, 0.2) is 0 Å². The predicted octanol–water partition coefficient (Wildman–Crippen LogP) is 1.31. The van der Waals surface area contributed by atoms with Gasteiger partial charge in [-0.1, -0.05) is 0 Å². The van der Waals surface area contributed by atoms with Crippen LogP contribution in [0.25, 0.3) is 0 Å². The number of imidazole rings is 1. The molecule has 0 bridgehead atoms. The molecule has 4 nitrogen and oxygen atoms in total. The Hall–Kier alpha value is -1.32. The van der Waals surface area contributed by atoms with Gasteiger partial charge < -0.3 is 9.67 Å². The Bertz CT molecular complexity index is 353. The summed E-state index contributed by atoms with van der Waals surface area (Å²) in [5, 5.41) is 9.03. The Balaban J connectivity index is 2.15. The van der Waals surface area contributed by atoms with E-state index < -0.39 is 11.4 Å². The van der Waals surface area contributed by atoms with Crippen molar-refractivity contribution < 1.29 is 9.90 Å². The fraction of sp³-hybridized carbons (Fsp3) is 0.600. The number of hydrogen-bond donors (Lipinski definition) is 1. The molecule has 1 heterocycles. The van der Waals surface area contributed by atoms with Crippen LogP contribution in [0.4, 0.5) is 0 Å². The molecule has 0 aliphatic heterocycles. The van der Waals surface area contributed by atoms with Crippen LogP contribution >= 0.6 is 0 Å². The largest absolute Gasteiger partial charge is 0.481 e. The smallest absolute Gasteiger partial charge is 0.310 e. The van der Waals surface area contributed by atoms with Crippen LogP contribution in [0, 0.1) is 5.41 Å². The summed E-state index contributed by atoms with van der Waals surface area (Å²) >= 11 is 0. The molecular weight excluding hydrogens is 180 g/mol. The maximum atomic E-state index is 11.0. The number of aryl methyl sites for hydroxylation is 1. The third-order valence-electron chi connectivity index (χ3n) is 2.95. The Morgan fingerprint density at radius 1 is 1.71 bits per heavy atom. The van der Waals surface area contributed by atoms with Crippen molar-refractivity contribution in [2.75, 3.05) is 0 Å². The molecule has 76 valence electrons. The van der Waals surface area contributed by atoms with Crippen LogP contribution in [0.3, 0.4) is 0 Å². The number of rotatable bonds is 4. The predicted molar refractivity (Wildman–Crippen MR) is 50.9 cm³/mol. The third-order valence-corrected chi connectivity index (χ3v) is 2.95. The molecule has 1 aliphatic carbocycles. The molecule has 0 unspecified atom stereocenters. The van der Waals surface area contributed by atoms with Crippen molar-refractivity contribution in [3.8, 4) is 0 Å². The second-order valence-corrected chi connectivity index (χ2v) is 3.89. The normalized spacial score (nSPS) is 18.1. The minimum absolute atomic E-state index is 0.502. The minimum atomic E-state index is -0.678. The maximum Gasteiger partial charge on any atom is 0.310 e. The Morgan fingerprint density at radius 2 is 2.43 bits per heavy atom. The first kappa shape index (κ1) is 9.24. The molecule has 1 saturated carbocycles. The lowest BCUT2D eigenvalue weighted by Gasteiger charge is -2.10. The first-order valence-electron chi connectivity index (χ1n) is 4.91. The van der Waals surface area contributed by atoms with E-state index in [1.807, 2.05) is 17.7 Å². The summed E-state index contributed by atoms with van der Waals surface area (Å²) in [6, 6.07) is 0. The summed E-state index contributed by atoms with van der Waals surface area (Å²) in [7, 11) is 0. The zero-order valence-electron chi connectivity index (χ0n) is 8.23. The molecule has 1 fully saturated rings. The molecule has 4 heteroatoms. The van der Waals surface area contributed by atoms with Crippen molar-refractivity contribution >= 4 is 5.97 Å². The molecular formula is C10H14N2O2. The van der Waals surface area contributed by atoms with E-state index in [4.69, 9.17) is 5.11 Å². The molecule has 1 aliphatic rings. The zero-order chi connectivity index (χ0) is 10.2. The highest BCUT2D eigenvalue weighted by Crippen LogP contribution is 2.48. The Kier molecular flexibility index (Phi) is 2.06. The highest BCUT2D eigenvalue weighted by molar-refractivity contribution is 5.78. The highest BCUT2D eigenvalue weighted by Gasteiger charge is 2.50. The van der Waals surface area contributed by atoms with Gasteiger partial charge in [0.05, 0.1) is 5.41 Å². The van der Waals surface area contributed by atoms with Gasteiger partial charge in [0.1, 0.15) is 5.82 Å². The quantitative estimate of drug-likeness (QED) is 0.786. The van der Waals surface area contributed by atoms with E-state index in [2.05, 4.69) is 4.98 Å². The lowest BCUT2D eigenvalue weighted by molar-refractivity contribution is -0.143. The van der Waals surface area contributed by atoms with Crippen LogP contribution < -0.4 is 0 Å². The van der Waals surface area contributed by atoms with Crippen molar-refractivity contribution in [2.45, 2.75) is 32.7 Å². The Labute approximate surface area is 82.6 Å². The van der Waals surface area contributed by atoms with E-state index in [0.717, 1.165) is 25.2 Å². The summed E-state index contributed by atoms with van der Waals surface area (Å²) in [5.74, 6) is 0.218. The van der Waals surface area contributed by atoms with Crippen LogP contribution in [0.1, 0.15) is 25.6 Å². The molecule has 1 N–H and O–H groups in total. The molecule has 0 radical (unpaired) electrons. The lowest BCUT2D eigenvalue weighted by Crippen LogP contribution is -2.19. The molecule has 1 aromatic rings. The van der Waals surface area contributed by atoms with E-state index in [1.165, 1.54) is 0 Å². The van der Waals surface area contributed by atoms with Gasteiger partial charge in [-0.15, -0.1) is 0 Å². The van der Waals surface area contributed by atoms with Gasteiger partial charge in [-0.05, 0) is 19.8 Å². The number of carboxylic acid groups (broad SMARTS) is 1. The second kappa shape index (κ2) is 3.12. The standard InChI is InChI=1S/C10H14N2O2/c1-2-12-6-5-11-8(12)7-10(3-4-10)9(13)14/h5-6H,2-4,7H2,1H3,(H,13,14). The first-order valence-corrected chi connectivity index (χ1v) is 4.91. The zero-order valence-corrected chi connectivity index (χ0v) is 8.23. The summed E-state index contributed by atoms with van der Waals surface area (Å²) in [6.07, 6.45) is 5.78. The van der Waals surface area contributed by atoms with Crippen LogP contribution in [-0.2, 0) is 17.8 Å². The summed E-state index contributed by atoms with van der Waals surface area (Å²) < 4.78 is 2.00. The van der Waals surface area contributed by atoms with Gasteiger partial charge in [-0.3, -0.25) is 4.79 Å². The number of carbonyl (C=O) groups is 1. The van der Waals surface area contributed by atoms with Crippen molar-refractivity contribution in [2.24, 2.45) is 5.41 Å². The summed E-state index contributed by atoms with van der Waals surface area (Å²) in [4.78, 5) is 15.2. The fourth-order valence-corrected chi connectivity index (χ4v) is 1.71. The third kappa shape index (κ3) is 1.41. The number of nitrogens with zero attached hydrogens (tertiary/aromatic N) is 2. The van der Waals surface area contributed by atoms with Crippen molar-refractivity contribution in [3.05, 3.63) is 18.2 Å². The van der Waals surface area contributed by atoms with Crippen LogP contribution in [0.5, 0.6) is 0 Å². The molecule has 14 heavy (non-hydrogen) atoms. The van der Waals surface area contributed by atoms with E-state index in [-0.39, 0.29) is 0 Å². The van der Waals surface area contributed by atoms with Crippen molar-refractivity contribution in [1.29, 1.82) is 0 Å². The van der Waals surface area contributed by atoms with E-state index in [9.17, 15) is 4.79 Å². The van der Waals surface area contributed by atoms with Crippen LogP contribution in [-0.4, -0.2) is 20.6 Å². The molecule has 2 rings (SSSR count). The number of hydrogen-bond acceptors (Lipinski definition) is 2. The van der Waals surface area contributed by atoms with Crippen molar-refractivity contribution in [1.82, 2.24) is 9.55 Å². The van der Waals surface area contributed by atoms with Crippen LogP contribution in [0.2, 0.25) is 0 Å².